The van der Waals surface area contributed by atoms with Crippen molar-refractivity contribution < 1.29 is 22.8 Å². The van der Waals surface area contributed by atoms with Crippen LogP contribution in [0.2, 0.25) is 5.02 Å². The van der Waals surface area contributed by atoms with Crippen LogP contribution in [0.4, 0.5) is 13.2 Å². The number of halogens is 4. The SMILES string of the molecule is Cc1nc(C(=O)N2C(CNC(=O)c3cccc(C(F)(F)F)c3)CC3C[C@@H]32)c(-c2cccc(Cl)c2)s1. The van der Waals surface area contributed by atoms with Gasteiger partial charge in [0.2, 0.25) is 0 Å². The number of carbonyl (C=O) groups is 2. The van der Waals surface area contributed by atoms with Crippen LogP contribution in [0.3, 0.4) is 0 Å². The zero-order valence-corrected chi connectivity index (χ0v) is 20.2. The summed E-state index contributed by atoms with van der Waals surface area (Å²) < 4.78 is 39.0. The van der Waals surface area contributed by atoms with Crippen LogP contribution in [0.1, 0.15) is 44.3 Å². The third-order valence-corrected chi connectivity index (χ3v) is 7.67. The van der Waals surface area contributed by atoms with Crippen LogP contribution in [0.25, 0.3) is 10.4 Å². The van der Waals surface area contributed by atoms with Crippen molar-refractivity contribution in [2.45, 2.75) is 38.0 Å². The second-order valence-corrected chi connectivity index (χ2v) is 10.5. The maximum absolute atomic E-state index is 13.7. The number of likely N-dealkylation sites (tertiary alicyclic amines) is 1. The van der Waals surface area contributed by atoms with E-state index < -0.39 is 17.6 Å². The van der Waals surface area contributed by atoms with Crippen LogP contribution in [0.5, 0.6) is 0 Å². The van der Waals surface area contributed by atoms with Crippen molar-refractivity contribution in [3.05, 3.63) is 75.4 Å². The third-order valence-electron chi connectivity index (χ3n) is 6.42. The maximum Gasteiger partial charge on any atom is 0.416 e. The minimum Gasteiger partial charge on any atom is -0.350 e. The van der Waals surface area contributed by atoms with Gasteiger partial charge in [0.15, 0.2) is 0 Å². The number of carbonyl (C=O) groups excluding carboxylic acids is 2. The minimum atomic E-state index is -4.53. The highest BCUT2D eigenvalue weighted by Gasteiger charge is 2.54. The maximum atomic E-state index is 13.7. The summed E-state index contributed by atoms with van der Waals surface area (Å²) in [5, 5.41) is 4.04. The van der Waals surface area contributed by atoms with Crippen molar-refractivity contribution >= 4 is 34.8 Å². The molecule has 2 aromatic carbocycles. The number of alkyl halides is 3. The van der Waals surface area contributed by atoms with Gasteiger partial charge in [0.1, 0.15) is 5.69 Å². The quantitative estimate of drug-likeness (QED) is 0.462. The Kier molecular flexibility index (Phi) is 6.09. The van der Waals surface area contributed by atoms with Gasteiger partial charge < -0.3 is 10.2 Å². The standard InChI is InChI=1S/C25H21ClF3N3O2S/c1-13-31-21(22(35-13)14-4-3-7-18(26)9-14)24(34)32-19(10-16-11-20(16)32)12-30-23(33)15-5-2-6-17(8-15)25(27,28)29/h2-9,16,19-20H,10-12H2,1H3,(H,30,33)/t16?,19?,20-/m0/s1. The topological polar surface area (TPSA) is 62.3 Å². The number of rotatable bonds is 5. The monoisotopic (exact) mass is 519 g/mol. The van der Waals surface area contributed by atoms with Crippen molar-refractivity contribution in [1.82, 2.24) is 15.2 Å². The van der Waals surface area contributed by atoms with Gasteiger partial charge in [-0.2, -0.15) is 13.2 Å². The summed E-state index contributed by atoms with van der Waals surface area (Å²) in [5.74, 6) is -0.440. The predicted octanol–water partition coefficient (Wildman–Crippen LogP) is 5.82. The molecular formula is C25H21ClF3N3O2S. The van der Waals surface area contributed by atoms with Crippen LogP contribution >= 0.6 is 22.9 Å². The molecule has 2 aliphatic rings. The van der Waals surface area contributed by atoms with Gasteiger partial charge in [-0.1, -0.05) is 29.8 Å². The molecular weight excluding hydrogens is 499 g/mol. The summed E-state index contributed by atoms with van der Waals surface area (Å²) in [7, 11) is 0. The number of nitrogens with zero attached hydrogens (tertiary/aromatic N) is 2. The van der Waals surface area contributed by atoms with Gasteiger partial charge >= 0.3 is 6.18 Å². The number of nitrogens with one attached hydrogen (secondary N) is 1. The van der Waals surface area contributed by atoms with Gasteiger partial charge in [0, 0.05) is 23.2 Å². The molecule has 182 valence electrons. The molecule has 3 aromatic rings. The van der Waals surface area contributed by atoms with E-state index in [0.29, 0.717) is 16.6 Å². The second-order valence-electron chi connectivity index (χ2n) is 8.87. The van der Waals surface area contributed by atoms with Gasteiger partial charge in [-0.3, -0.25) is 9.59 Å². The van der Waals surface area contributed by atoms with E-state index in [-0.39, 0.29) is 30.1 Å². The number of aryl methyl sites for hydroxylation is 1. The molecule has 0 spiro atoms. The summed E-state index contributed by atoms with van der Waals surface area (Å²) in [6.07, 6.45) is -2.90. The number of hydrogen-bond acceptors (Lipinski definition) is 4. The molecule has 10 heteroatoms. The van der Waals surface area contributed by atoms with E-state index in [1.54, 1.807) is 17.0 Å². The van der Waals surface area contributed by atoms with Crippen molar-refractivity contribution in [3.63, 3.8) is 0 Å². The summed E-state index contributed by atoms with van der Waals surface area (Å²) >= 11 is 7.58. The Morgan fingerprint density at radius 3 is 2.69 bits per heavy atom. The first-order valence-electron chi connectivity index (χ1n) is 11.1. The molecule has 2 heterocycles. The van der Waals surface area contributed by atoms with E-state index >= 15 is 0 Å². The molecule has 0 bridgehead atoms. The summed E-state index contributed by atoms with van der Waals surface area (Å²) in [6, 6.07) is 11.4. The van der Waals surface area contributed by atoms with E-state index in [9.17, 15) is 22.8 Å². The lowest BCUT2D eigenvalue weighted by atomic mass is 10.1. The third kappa shape index (κ3) is 4.79. The molecule has 1 saturated carbocycles. The molecule has 35 heavy (non-hydrogen) atoms. The van der Waals surface area contributed by atoms with E-state index in [4.69, 9.17) is 11.6 Å². The highest BCUT2D eigenvalue weighted by atomic mass is 35.5. The smallest absolute Gasteiger partial charge is 0.350 e. The highest BCUT2D eigenvalue weighted by molar-refractivity contribution is 7.15. The number of piperidine rings is 1. The normalized spacial score (nSPS) is 21.1. The Labute approximate surface area is 208 Å². The fraction of sp³-hybridized carbons (Fsp3) is 0.320. The highest BCUT2D eigenvalue weighted by Crippen LogP contribution is 2.49. The first-order chi connectivity index (χ1) is 16.6. The van der Waals surface area contributed by atoms with E-state index in [1.165, 1.54) is 23.5 Å². The summed E-state index contributed by atoms with van der Waals surface area (Å²) in [6.45, 7) is 2.00. The summed E-state index contributed by atoms with van der Waals surface area (Å²) in [5.41, 5.74) is 0.222. The van der Waals surface area contributed by atoms with Crippen molar-refractivity contribution in [2.75, 3.05) is 6.54 Å². The number of fused-ring (bicyclic) bond motifs is 1. The number of amides is 2. The Hall–Kier alpha value is -2.91. The lowest BCUT2D eigenvalue weighted by Crippen LogP contribution is -2.45. The van der Waals surface area contributed by atoms with Gasteiger partial charge in [-0.15, -0.1) is 11.3 Å². The molecule has 3 atom stereocenters. The number of benzene rings is 2. The van der Waals surface area contributed by atoms with Crippen LogP contribution in [0.15, 0.2) is 48.5 Å². The molecule has 2 unspecified atom stereocenters. The number of thiazole rings is 1. The molecule has 0 radical (unpaired) electrons. The fourth-order valence-electron chi connectivity index (χ4n) is 4.73. The van der Waals surface area contributed by atoms with E-state index in [2.05, 4.69) is 10.3 Å². The van der Waals surface area contributed by atoms with Crippen molar-refractivity contribution in [3.8, 4) is 10.4 Å². The lowest BCUT2D eigenvalue weighted by Gasteiger charge is -2.27. The molecule has 5 nitrogen and oxygen atoms in total. The van der Waals surface area contributed by atoms with Crippen LogP contribution in [0, 0.1) is 12.8 Å². The largest absolute Gasteiger partial charge is 0.416 e. The Bertz CT molecular complexity index is 1310. The summed E-state index contributed by atoms with van der Waals surface area (Å²) in [4.78, 5) is 33.3. The van der Waals surface area contributed by atoms with E-state index in [0.717, 1.165) is 40.4 Å². The zero-order valence-electron chi connectivity index (χ0n) is 18.6. The molecule has 1 saturated heterocycles. The average molecular weight is 520 g/mol. The Morgan fingerprint density at radius 2 is 1.94 bits per heavy atom. The van der Waals surface area contributed by atoms with E-state index in [1.807, 2.05) is 19.1 Å². The zero-order chi connectivity index (χ0) is 24.9. The van der Waals surface area contributed by atoms with Crippen LogP contribution in [-0.2, 0) is 6.18 Å². The molecule has 2 amide bonds. The fourth-order valence-corrected chi connectivity index (χ4v) is 5.82. The predicted molar refractivity (Wildman–Crippen MR) is 128 cm³/mol. The lowest BCUT2D eigenvalue weighted by molar-refractivity contribution is -0.137. The van der Waals surface area contributed by atoms with Gasteiger partial charge in [-0.05, 0) is 61.6 Å². The molecule has 1 aromatic heterocycles. The molecule has 1 aliphatic carbocycles. The van der Waals surface area contributed by atoms with Gasteiger partial charge in [0.05, 0.1) is 21.5 Å². The average Bonchev–Trinajstić information content (AvgIpc) is 3.30. The molecule has 1 aliphatic heterocycles. The van der Waals surface area contributed by atoms with Crippen molar-refractivity contribution in [2.24, 2.45) is 5.92 Å². The van der Waals surface area contributed by atoms with Crippen molar-refractivity contribution in [1.29, 1.82) is 0 Å². The van der Waals surface area contributed by atoms with Crippen LogP contribution < -0.4 is 5.32 Å². The van der Waals surface area contributed by atoms with Gasteiger partial charge in [0.25, 0.3) is 11.8 Å². The minimum absolute atomic E-state index is 0.0702. The second kappa shape index (κ2) is 8.95. The Balaban J connectivity index is 1.34. The first-order valence-corrected chi connectivity index (χ1v) is 12.3. The van der Waals surface area contributed by atoms with Crippen LogP contribution in [-0.4, -0.2) is 40.3 Å². The first kappa shape index (κ1) is 23.8. The van der Waals surface area contributed by atoms with Gasteiger partial charge in [-0.25, -0.2) is 4.98 Å². The number of aromatic nitrogens is 1. The number of hydrogen-bond donors (Lipinski definition) is 1. The molecule has 2 fully saturated rings. The molecule has 5 rings (SSSR count). The Morgan fingerprint density at radius 1 is 1.17 bits per heavy atom. The molecule has 1 N–H and O–H groups in total.